The Bertz CT molecular complexity index is 527. The van der Waals surface area contributed by atoms with Crippen LogP contribution in [0.15, 0.2) is 18.2 Å². The van der Waals surface area contributed by atoms with E-state index in [9.17, 15) is 4.79 Å². The summed E-state index contributed by atoms with van der Waals surface area (Å²) in [5.74, 6) is 1.47. The average Bonchev–Trinajstić information content (AvgIpc) is 2.62. The zero-order chi connectivity index (χ0) is 17.4. The molecule has 24 heavy (non-hydrogen) atoms. The zero-order valence-electron chi connectivity index (χ0n) is 15.6. The van der Waals surface area contributed by atoms with Gasteiger partial charge in [0.25, 0.3) is 5.91 Å². The SMILES string of the molecule is CCCC[C@H](CC)CNC(=O)[C@@H](C)Oc1cccc2c1CCCC2. The lowest BCUT2D eigenvalue weighted by molar-refractivity contribution is -0.127. The van der Waals surface area contributed by atoms with Gasteiger partial charge in [-0.05, 0) is 62.1 Å². The molecule has 1 aromatic carbocycles. The number of ether oxygens (including phenoxy) is 1. The second-order valence-electron chi connectivity index (χ2n) is 7.02. The number of carbonyl (C=O) groups is 1. The van der Waals surface area contributed by atoms with E-state index in [1.807, 2.05) is 19.1 Å². The number of hydrogen-bond acceptors (Lipinski definition) is 2. The van der Waals surface area contributed by atoms with Gasteiger partial charge in [0, 0.05) is 6.54 Å². The molecule has 0 unspecified atom stereocenters. The number of carbonyl (C=O) groups excluding carboxylic acids is 1. The highest BCUT2D eigenvalue weighted by Gasteiger charge is 2.19. The second-order valence-corrected chi connectivity index (χ2v) is 7.02. The first-order chi connectivity index (χ1) is 11.7. The summed E-state index contributed by atoms with van der Waals surface area (Å²) in [7, 11) is 0. The van der Waals surface area contributed by atoms with Crippen molar-refractivity contribution in [1.29, 1.82) is 0 Å². The fourth-order valence-electron chi connectivity index (χ4n) is 3.43. The van der Waals surface area contributed by atoms with Gasteiger partial charge >= 0.3 is 0 Å². The second kappa shape index (κ2) is 9.71. The van der Waals surface area contributed by atoms with Gasteiger partial charge in [-0.1, -0.05) is 45.2 Å². The Balaban J connectivity index is 1.88. The van der Waals surface area contributed by atoms with E-state index in [1.165, 1.54) is 43.2 Å². The van der Waals surface area contributed by atoms with E-state index in [0.29, 0.717) is 5.92 Å². The van der Waals surface area contributed by atoms with E-state index in [4.69, 9.17) is 4.74 Å². The maximum Gasteiger partial charge on any atom is 0.260 e. The van der Waals surface area contributed by atoms with Crippen LogP contribution in [0.1, 0.15) is 70.4 Å². The molecule has 2 atom stereocenters. The fraction of sp³-hybridized carbons (Fsp3) is 0.667. The van der Waals surface area contributed by atoms with E-state index in [0.717, 1.165) is 31.6 Å². The predicted molar refractivity (Wildman–Crippen MR) is 99.5 cm³/mol. The zero-order valence-corrected chi connectivity index (χ0v) is 15.6. The van der Waals surface area contributed by atoms with Crippen LogP contribution in [-0.2, 0) is 17.6 Å². The normalized spacial score (nSPS) is 16.1. The summed E-state index contributed by atoms with van der Waals surface area (Å²) in [6.07, 6.45) is 8.96. The van der Waals surface area contributed by atoms with Crippen molar-refractivity contribution in [1.82, 2.24) is 5.32 Å². The van der Waals surface area contributed by atoms with Crippen LogP contribution < -0.4 is 10.1 Å². The number of amides is 1. The minimum Gasteiger partial charge on any atom is -0.481 e. The van der Waals surface area contributed by atoms with E-state index in [-0.39, 0.29) is 5.91 Å². The highest BCUT2D eigenvalue weighted by Crippen LogP contribution is 2.30. The smallest absolute Gasteiger partial charge is 0.260 e. The van der Waals surface area contributed by atoms with E-state index in [1.54, 1.807) is 0 Å². The average molecular weight is 332 g/mol. The van der Waals surface area contributed by atoms with Crippen LogP contribution in [0.25, 0.3) is 0 Å². The lowest BCUT2D eigenvalue weighted by atomic mass is 9.91. The van der Waals surface area contributed by atoms with Crippen molar-refractivity contribution in [2.24, 2.45) is 5.92 Å². The number of unbranched alkanes of at least 4 members (excludes halogenated alkanes) is 1. The lowest BCUT2D eigenvalue weighted by Gasteiger charge is -2.22. The van der Waals surface area contributed by atoms with Crippen molar-refractivity contribution >= 4 is 5.91 Å². The summed E-state index contributed by atoms with van der Waals surface area (Å²) in [5.41, 5.74) is 2.69. The molecular weight excluding hydrogens is 298 g/mol. The number of nitrogens with one attached hydrogen (secondary N) is 1. The number of fused-ring (bicyclic) bond motifs is 1. The van der Waals surface area contributed by atoms with Crippen LogP contribution in [-0.4, -0.2) is 18.6 Å². The molecule has 1 N–H and O–H groups in total. The molecule has 1 aliphatic rings. The minimum atomic E-state index is -0.442. The number of aryl methyl sites for hydroxylation is 1. The number of rotatable bonds is 9. The first-order valence-corrected chi connectivity index (χ1v) is 9.70. The predicted octanol–water partition coefficient (Wildman–Crippen LogP) is 4.67. The third-order valence-electron chi connectivity index (χ3n) is 5.13. The summed E-state index contributed by atoms with van der Waals surface area (Å²) in [5, 5.41) is 3.08. The quantitative estimate of drug-likeness (QED) is 0.714. The molecule has 1 aliphatic carbocycles. The standard InChI is InChI=1S/C21H33NO2/c1-4-6-10-17(5-2)15-22-21(23)16(3)24-20-14-9-12-18-11-7-8-13-19(18)20/h9,12,14,16-17H,4-8,10-11,13,15H2,1-3H3,(H,22,23)/t16-,17+/m1/s1. The summed E-state index contributed by atoms with van der Waals surface area (Å²) in [6, 6.07) is 6.23. The maximum atomic E-state index is 12.4. The molecule has 0 aliphatic heterocycles. The van der Waals surface area contributed by atoms with Crippen molar-refractivity contribution in [3.63, 3.8) is 0 Å². The topological polar surface area (TPSA) is 38.3 Å². The Morgan fingerprint density at radius 1 is 1.25 bits per heavy atom. The van der Waals surface area contributed by atoms with Crippen LogP contribution >= 0.6 is 0 Å². The van der Waals surface area contributed by atoms with Crippen LogP contribution in [0.5, 0.6) is 5.75 Å². The lowest BCUT2D eigenvalue weighted by Crippen LogP contribution is -2.39. The maximum absolute atomic E-state index is 12.4. The molecule has 0 fully saturated rings. The molecule has 0 saturated carbocycles. The monoisotopic (exact) mass is 331 g/mol. The van der Waals surface area contributed by atoms with Crippen molar-refractivity contribution in [3.8, 4) is 5.75 Å². The Hall–Kier alpha value is -1.51. The molecular formula is C21H33NO2. The van der Waals surface area contributed by atoms with Crippen molar-refractivity contribution in [2.75, 3.05) is 6.54 Å². The first kappa shape index (κ1) is 18.8. The molecule has 1 aromatic rings. The van der Waals surface area contributed by atoms with E-state index < -0.39 is 6.10 Å². The Morgan fingerprint density at radius 3 is 2.79 bits per heavy atom. The minimum absolute atomic E-state index is 0.00152. The van der Waals surface area contributed by atoms with Crippen LogP contribution in [0.3, 0.4) is 0 Å². The summed E-state index contributed by atoms with van der Waals surface area (Å²) < 4.78 is 6.01. The summed E-state index contributed by atoms with van der Waals surface area (Å²) >= 11 is 0. The summed E-state index contributed by atoms with van der Waals surface area (Å²) in [4.78, 5) is 12.4. The van der Waals surface area contributed by atoms with Gasteiger partial charge in [-0.3, -0.25) is 4.79 Å². The molecule has 0 aromatic heterocycles. The molecule has 3 nitrogen and oxygen atoms in total. The van der Waals surface area contributed by atoms with Gasteiger partial charge in [0.1, 0.15) is 5.75 Å². The Kier molecular flexibility index (Phi) is 7.61. The van der Waals surface area contributed by atoms with Gasteiger partial charge in [-0.25, -0.2) is 0 Å². The number of benzene rings is 1. The third kappa shape index (κ3) is 5.25. The number of hydrogen-bond donors (Lipinski definition) is 1. The molecule has 0 radical (unpaired) electrons. The van der Waals surface area contributed by atoms with Crippen LogP contribution in [0.4, 0.5) is 0 Å². The van der Waals surface area contributed by atoms with Crippen molar-refractivity contribution in [3.05, 3.63) is 29.3 Å². The Labute approximate surface area is 147 Å². The molecule has 3 heteroatoms. The van der Waals surface area contributed by atoms with Crippen molar-refractivity contribution in [2.45, 2.75) is 78.2 Å². The van der Waals surface area contributed by atoms with Gasteiger partial charge in [-0.15, -0.1) is 0 Å². The molecule has 0 bridgehead atoms. The molecule has 0 saturated heterocycles. The highest BCUT2D eigenvalue weighted by atomic mass is 16.5. The Morgan fingerprint density at radius 2 is 2.04 bits per heavy atom. The van der Waals surface area contributed by atoms with Crippen LogP contribution in [0, 0.1) is 5.92 Å². The summed E-state index contributed by atoms with van der Waals surface area (Å²) in [6.45, 7) is 7.02. The first-order valence-electron chi connectivity index (χ1n) is 9.70. The van der Waals surface area contributed by atoms with Crippen molar-refractivity contribution < 1.29 is 9.53 Å². The van der Waals surface area contributed by atoms with E-state index in [2.05, 4.69) is 25.2 Å². The molecule has 134 valence electrons. The fourth-order valence-corrected chi connectivity index (χ4v) is 3.43. The molecule has 0 heterocycles. The molecule has 2 rings (SSSR count). The highest BCUT2D eigenvalue weighted by molar-refractivity contribution is 5.80. The van der Waals surface area contributed by atoms with Gasteiger partial charge in [0.05, 0.1) is 0 Å². The van der Waals surface area contributed by atoms with Gasteiger partial charge in [-0.2, -0.15) is 0 Å². The molecule has 1 amide bonds. The van der Waals surface area contributed by atoms with Gasteiger partial charge in [0.15, 0.2) is 6.10 Å². The van der Waals surface area contributed by atoms with Gasteiger partial charge in [0.2, 0.25) is 0 Å². The van der Waals surface area contributed by atoms with E-state index >= 15 is 0 Å². The third-order valence-corrected chi connectivity index (χ3v) is 5.13. The van der Waals surface area contributed by atoms with Gasteiger partial charge < -0.3 is 10.1 Å². The van der Waals surface area contributed by atoms with Crippen LogP contribution in [0.2, 0.25) is 0 Å². The largest absolute Gasteiger partial charge is 0.481 e. The molecule has 0 spiro atoms.